The summed E-state index contributed by atoms with van der Waals surface area (Å²) in [4.78, 5) is 18.5. The second kappa shape index (κ2) is 11.7. The highest BCUT2D eigenvalue weighted by Gasteiger charge is 2.41. The summed E-state index contributed by atoms with van der Waals surface area (Å²) < 4.78 is 56.6. The maximum Gasteiger partial charge on any atom is 0.397 e. The molecule has 1 N–H and O–H groups in total. The Balaban J connectivity index is 1.35. The number of nitrogens with zero attached hydrogens (tertiary/aromatic N) is 4. The number of hydrogen-bond acceptors (Lipinski definition) is 6. The van der Waals surface area contributed by atoms with E-state index in [-0.39, 0.29) is 11.7 Å². The molecule has 0 spiro atoms. The number of nitrogens with one attached hydrogen (secondary N) is 1. The van der Waals surface area contributed by atoms with Gasteiger partial charge in [0.1, 0.15) is 17.7 Å². The molecule has 3 aromatic rings. The Morgan fingerprint density at radius 2 is 1.82 bits per heavy atom. The second-order valence-corrected chi connectivity index (χ2v) is 9.47. The number of amides is 1. The Bertz CT molecular complexity index is 1250. The van der Waals surface area contributed by atoms with Crippen molar-refractivity contribution in [1.82, 2.24) is 20.4 Å². The third-order valence-corrected chi connectivity index (χ3v) is 6.71. The Morgan fingerprint density at radius 3 is 2.45 bits per heavy atom. The van der Waals surface area contributed by atoms with E-state index in [1.807, 2.05) is 0 Å². The molecule has 2 heterocycles. The first-order valence-electron chi connectivity index (χ1n) is 12.3. The molecule has 1 aromatic heterocycles. The fourth-order valence-corrected chi connectivity index (χ4v) is 4.58. The summed E-state index contributed by atoms with van der Waals surface area (Å²) in [5.74, 6) is -0.750. The normalized spacial score (nSPS) is 16.5. The lowest BCUT2D eigenvalue weighted by Crippen LogP contribution is -2.43. The summed E-state index contributed by atoms with van der Waals surface area (Å²) in [6, 6.07) is 16.6. The maximum atomic E-state index is 13.2. The lowest BCUT2D eigenvalue weighted by Gasteiger charge is -2.35. The van der Waals surface area contributed by atoms with E-state index in [4.69, 9.17) is 4.52 Å². The summed E-state index contributed by atoms with van der Waals surface area (Å²) in [6.07, 6.45) is -4.46. The quantitative estimate of drug-likeness (QED) is 0.398. The predicted octanol–water partition coefficient (Wildman–Crippen LogP) is 4.86. The number of halogens is 4. The van der Waals surface area contributed by atoms with Gasteiger partial charge in [0, 0.05) is 26.1 Å². The molecule has 0 radical (unpaired) electrons. The number of rotatable bonds is 9. The first-order valence-corrected chi connectivity index (χ1v) is 12.3. The molecule has 1 saturated heterocycles. The number of piperidine rings is 1. The predicted molar refractivity (Wildman–Crippen MR) is 129 cm³/mol. The van der Waals surface area contributed by atoms with Crippen LogP contribution in [0, 0.1) is 17.1 Å². The molecular weight excluding hydrogens is 502 g/mol. The average molecular weight is 530 g/mol. The van der Waals surface area contributed by atoms with Crippen LogP contribution in [-0.4, -0.2) is 46.8 Å². The topological polar surface area (TPSA) is 95.1 Å². The third-order valence-electron chi connectivity index (χ3n) is 6.71. The van der Waals surface area contributed by atoms with Crippen molar-refractivity contribution in [2.75, 3.05) is 19.6 Å². The summed E-state index contributed by atoms with van der Waals surface area (Å²) in [5.41, 5.74) is 0.602. The van der Waals surface area contributed by atoms with Crippen LogP contribution in [0.25, 0.3) is 0 Å². The number of carbonyl (C=O) groups excluding carboxylic acids is 1. The minimum Gasteiger partial charge on any atom is -0.349 e. The molecule has 11 heteroatoms. The van der Waals surface area contributed by atoms with Gasteiger partial charge in [-0.05, 0) is 42.5 Å². The van der Waals surface area contributed by atoms with Gasteiger partial charge in [-0.25, -0.2) is 4.39 Å². The minimum absolute atomic E-state index is 0.248. The summed E-state index contributed by atoms with van der Waals surface area (Å²) in [6.45, 7) is 1.61. The Morgan fingerprint density at radius 1 is 1.13 bits per heavy atom. The van der Waals surface area contributed by atoms with Crippen molar-refractivity contribution in [3.8, 4) is 6.07 Å². The van der Waals surface area contributed by atoms with Gasteiger partial charge in [-0.3, -0.25) is 4.79 Å². The highest BCUT2D eigenvalue weighted by Crippen LogP contribution is 2.34. The molecule has 1 atom stereocenters. The number of nitriles is 1. The summed E-state index contributed by atoms with van der Waals surface area (Å²) in [7, 11) is 0. The minimum atomic E-state index is -4.58. The van der Waals surface area contributed by atoms with Gasteiger partial charge in [0.2, 0.25) is 11.8 Å². The fraction of sp³-hybridized carbons (Fsp3) is 0.407. The maximum absolute atomic E-state index is 13.2. The lowest BCUT2D eigenvalue weighted by molar-refractivity contribution is -0.154. The van der Waals surface area contributed by atoms with E-state index < -0.39 is 30.0 Å². The van der Waals surface area contributed by atoms with E-state index in [9.17, 15) is 27.6 Å². The Labute approximate surface area is 217 Å². The largest absolute Gasteiger partial charge is 0.397 e. The van der Waals surface area contributed by atoms with E-state index in [0.29, 0.717) is 51.1 Å². The number of likely N-dealkylation sites (tertiary alicyclic amines) is 1. The van der Waals surface area contributed by atoms with Gasteiger partial charge in [-0.2, -0.15) is 23.4 Å². The molecule has 0 unspecified atom stereocenters. The summed E-state index contributed by atoms with van der Waals surface area (Å²) >= 11 is 0. The molecule has 1 amide bonds. The standard InChI is InChI=1S/C27H27F4N5O2/c28-21-8-6-19(7-9-21)16-23-34-25(38-35-23)26(18-32)11-14-36(15-12-26)13-10-22(20-4-2-1-3-5-20)33-24(37)17-27(29,30)31/h1-9,22H,10-17H2,(H,33,37)/t22-/m0/s1. The van der Waals surface area contributed by atoms with Crippen LogP contribution in [-0.2, 0) is 16.6 Å². The zero-order valence-electron chi connectivity index (χ0n) is 20.5. The van der Waals surface area contributed by atoms with E-state index in [2.05, 4.69) is 26.4 Å². The molecule has 0 bridgehead atoms. The van der Waals surface area contributed by atoms with Crippen LogP contribution in [0.2, 0.25) is 0 Å². The van der Waals surface area contributed by atoms with E-state index >= 15 is 0 Å². The molecule has 200 valence electrons. The van der Waals surface area contributed by atoms with Crippen molar-refractivity contribution in [3.63, 3.8) is 0 Å². The van der Waals surface area contributed by atoms with Crippen LogP contribution in [0.3, 0.4) is 0 Å². The van der Waals surface area contributed by atoms with Crippen LogP contribution >= 0.6 is 0 Å². The molecule has 2 aromatic carbocycles. The zero-order valence-corrected chi connectivity index (χ0v) is 20.5. The van der Waals surface area contributed by atoms with Crippen molar-refractivity contribution < 1.29 is 26.9 Å². The molecule has 4 rings (SSSR count). The van der Waals surface area contributed by atoms with Gasteiger partial charge < -0.3 is 14.7 Å². The van der Waals surface area contributed by atoms with E-state index in [1.165, 1.54) is 12.1 Å². The third kappa shape index (κ3) is 7.16. The van der Waals surface area contributed by atoms with Crippen LogP contribution < -0.4 is 5.32 Å². The Hall–Kier alpha value is -3.78. The molecule has 1 aliphatic heterocycles. The lowest BCUT2D eigenvalue weighted by atomic mass is 9.79. The molecule has 7 nitrogen and oxygen atoms in total. The molecule has 1 fully saturated rings. The average Bonchev–Trinajstić information content (AvgIpc) is 3.37. The van der Waals surface area contributed by atoms with Crippen LogP contribution in [0.15, 0.2) is 59.1 Å². The van der Waals surface area contributed by atoms with Gasteiger partial charge in [0.25, 0.3) is 0 Å². The van der Waals surface area contributed by atoms with Gasteiger partial charge in [0.15, 0.2) is 5.82 Å². The highest BCUT2D eigenvalue weighted by atomic mass is 19.4. The van der Waals surface area contributed by atoms with Crippen molar-refractivity contribution in [3.05, 3.63) is 83.3 Å². The fourth-order valence-electron chi connectivity index (χ4n) is 4.58. The SMILES string of the molecule is N#CC1(c2nc(Cc3ccc(F)cc3)no2)CCN(CC[C@H](NC(=O)CC(F)(F)F)c2ccccc2)CC1. The molecule has 1 aliphatic rings. The molecule has 38 heavy (non-hydrogen) atoms. The molecule has 0 aliphatic carbocycles. The smallest absolute Gasteiger partial charge is 0.349 e. The number of benzene rings is 2. The number of carbonyl (C=O) groups is 1. The number of alkyl halides is 3. The van der Waals surface area contributed by atoms with E-state index in [0.717, 1.165) is 11.1 Å². The number of hydrogen-bond donors (Lipinski definition) is 1. The van der Waals surface area contributed by atoms with Gasteiger partial charge in [-0.15, -0.1) is 0 Å². The van der Waals surface area contributed by atoms with Crippen LogP contribution in [0.4, 0.5) is 17.6 Å². The first-order chi connectivity index (χ1) is 18.2. The Kier molecular flexibility index (Phi) is 8.42. The zero-order chi connectivity index (χ0) is 27.2. The van der Waals surface area contributed by atoms with Crippen molar-refractivity contribution in [2.24, 2.45) is 0 Å². The van der Waals surface area contributed by atoms with Crippen LogP contribution in [0.5, 0.6) is 0 Å². The van der Waals surface area contributed by atoms with Crippen LogP contribution in [0.1, 0.15) is 54.6 Å². The van der Waals surface area contributed by atoms with Gasteiger partial charge in [0.05, 0.1) is 12.1 Å². The molecule has 0 saturated carbocycles. The van der Waals surface area contributed by atoms with Crippen molar-refractivity contribution >= 4 is 5.91 Å². The number of aromatic nitrogens is 2. The highest BCUT2D eigenvalue weighted by molar-refractivity contribution is 5.77. The van der Waals surface area contributed by atoms with Crippen molar-refractivity contribution in [2.45, 2.75) is 49.7 Å². The summed E-state index contributed by atoms with van der Waals surface area (Å²) in [5, 5.41) is 16.5. The first kappa shape index (κ1) is 27.3. The van der Waals surface area contributed by atoms with Gasteiger partial charge >= 0.3 is 6.18 Å². The van der Waals surface area contributed by atoms with Gasteiger partial charge in [-0.1, -0.05) is 47.6 Å². The van der Waals surface area contributed by atoms with Crippen molar-refractivity contribution in [1.29, 1.82) is 5.26 Å². The van der Waals surface area contributed by atoms with E-state index in [1.54, 1.807) is 42.5 Å². The molecular formula is C27H27F4N5O2. The monoisotopic (exact) mass is 529 g/mol. The second-order valence-electron chi connectivity index (χ2n) is 9.47.